The molecule has 0 N–H and O–H groups in total. The molecule has 166 valence electrons. The summed E-state index contributed by atoms with van der Waals surface area (Å²) >= 11 is 1.35. The lowest BCUT2D eigenvalue weighted by atomic mass is 10.1. The Morgan fingerprint density at radius 2 is 1.73 bits per heavy atom. The summed E-state index contributed by atoms with van der Waals surface area (Å²) < 4.78 is 11.5. The van der Waals surface area contributed by atoms with Gasteiger partial charge in [0, 0.05) is 6.54 Å². The first kappa shape index (κ1) is 22.4. The van der Waals surface area contributed by atoms with Crippen LogP contribution in [0.5, 0.6) is 11.5 Å². The summed E-state index contributed by atoms with van der Waals surface area (Å²) in [6, 6.07) is 25.2. The molecular formula is C27H24N2O3S. The minimum atomic E-state index is -0.0991. The molecule has 1 aliphatic rings. The van der Waals surface area contributed by atoms with E-state index in [2.05, 4.69) is 11.6 Å². The topological polar surface area (TPSA) is 51.1 Å². The number of ether oxygens (including phenoxy) is 2. The van der Waals surface area contributed by atoms with Crippen LogP contribution in [0.15, 0.2) is 101 Å². The second-order valence-electron chi connectivity index (χ2n) is 7.23. The smallest absolute Gasteiger partial charge is 0.267 e. The summed E-state index contributed by atoms with van der Waals surface area (Å²) in [5.74, 6) is 1.16. The lowest BCUT2D eigenvalue weighted by Crippen LogP contribution is -2.29. The predicted molar refractivity (Wildman–Crippen MR) is 135 cm³/mol. The molecule has 0 aromatic heterocycles. The predicted octanol–water partition coefficient (Wildman–Crippen LogP) is 6.06. The summed E-state index contributed by atoms with van der Waals surface area (Å²) in [6.07, 6.45) is 3.55. The first-order valence-corrected chi connectivity index (χ1v) is 11.3. The number of hydrogen-bond donors (Lipinski definition) is 0. The fourth-order valence-corrected chi connectivity index (χ4v) is 4.28. The summed E-state index contributed by atoms with van der Waals surface area (Å²) in [4.78, 5) is 19.9. The van der Waals surface area contributed by atoms with Crippen LogP contribution in [0.3, 0.4) is 0 Å². The van der Waals surface area contributed by atoms with Gasteiger partial charge in [-0.15, -0.1) is 6.58 Å². The van der Waals surface area contributed by atoms with Crippen LogP contribution in [0, 0.1) is 0 Å². The maximum Gasteiger partial charge on any atom is 0.267 e. The van der Waals surface area contributed by atoms with Gasteiger partial charge in [0.1, 0.15) is 6.61 Å². The minimum absolute atomic E-state index is 0.0991. The first-order chi connectivity index (χ1) is 16.2. The zero-order valence-electron chi connectivity index (χ0n) is 18.3. The second-order valence-corrected chi connectivity index (χ2v) is 8.24. The largest absolute Gasteiger partial charge is 0.493 e. The standard InChI is InChI=1S/C27H24N2O3S/c1-3-16-29-26(30)25(33-27(29)28-22-12-8-5-9-13-22)18-21-14-15-23(24(17-21)31-2)32-19-20-10-6-4-7-11-20/h3-15,17-18H,1,16,19H2,2H3/b25-18-,28-27?. The van der Waals surface area contributed by atoms with E-state index in [1.54, 1.807) is 18.1 Å². The molecule has 5 nitrogen and oxygen atoms in total. The van der Waals surface area contributed by atoms with Gasteiger partial charge in [0.25, 0.3) is 5.91 Å². The highest BCUT2D eigenvalue weighted by Gasteiger charge is 2.32. The van der Waals surface area contributed by atoms with Gasteiger partial charge in [0.05, 0.1) is 17.7 Å². The average molecular weight is 457 g/mol. The van der Waals surface area contributed by atoms with E-state index in [0.717, 1.165) is 16.8 Å². The Morgan fingerprint density at radius 1 is 1.00 bits per heavy atom. The normalized spacial score (nSPS) is 15.8. The third kappa shape index (κ3) is 5.54. The molecule has 0 unspecified atom stereocenters. The molecule has 0 bridgehead atoms. The molecule has 1 aliphatic heterocycles. The van der Waals surface area contributed by atoms with Gasteiger partial charge < -0.3 is 9.47 Å². The molecular weight excluding hydrogens is 432 g/mol. The van der Waals surface area contributed by atoms with Crippen molar-refractivity contribution >= 4 is 34.6 Å². The molecule has 33 heavy (non-hydrogen) atoms. The van der Waals surface area contributed by atoms with Crippen molar-refractivity contribution < 1.29 is 14.3 Å². The Kier molecular flexibility index (Phi) is 7.27. The molecule has 0 atom stereocenters. The Bertz CT molecular complexity index is 1190. The fourth-order valence-electron chi connectivity index (χ4n) is 3.27. The van der Waals surface area contributed by atoms with Crippen molar-refractivity contribution in [3.8, 4) is 11.5 Å². The Balaban J connectivity index is 1.56. The molecule has 0 aliphatic carbocycles. The van der Waals surface area contributed by atoms with Gasteiger partial charge in [0.2, 0.25) is 0 Å². The Hall–Kier alpha value is -3.77. The van der Waals surface area contributed by atoms with Crippen molar-refractivity contribution in [1.82, 2.24) is 4.90 Å². The number of rotatable bonds is 8. The number of carbonyl (C=O) groups excluding carboxylic acids is 1. The van der Waals surface area contributed by atoms with Crippen molar-refractivity contribution in [3.63, 3.8) is 0 Å². The lowest BCUT2D eigenvalue weighted by Gasteiger charge is -2.12. The van der Waals surface area contributed by atoms with E-state index >= 15 is 0 Å². The van der Waals surface area contributed by atoms with Crippen molar-refractivity contribution in [2.45, 2.75) is 6.61 Å². The van der Waals surface area contributed by atoms with Crippen molar-refractivity contribution in [3.05, 3.63) is 108 Å². The number of carbonyl (C=O) groups is 1. The summed E-state index contributed by atoms with van der Waals surface area (Å²) in [5.41, 5.74) is 2.71. The molecule has 0 saturated carbocycles. The number of amides is 1. The second kappa shape index (κ2) is 10.7. The fraction of sp³-hybridized carbons (Fsp3) is 0.111. The van der Waals surface area contributed by atoms with E-state index in [-0.39, 0.29) is 5.91 Å². The number of benzene rings is 3. The molecule has 4 rings (SSSR count). The highest BCUT2D eigenvalue weighted by atomic mass is 32.2. The average Bonchev–Trinajstić information content (AvgIpc) is 3.13. The highest BCUT2D eigenvalue weighted by Crippen LogP contribution is 2.36. The van der Waals surface area contributed by atoms with Crippen molar-refractivity contribution in [2.75, 3.05) is 13.7 Å². The zero-order valence-corrected chi connectivity index (χ0v) is 19.1. The van der Waals surface area contributed by atoms with Crippen LogP contribution < -0.4 is 9.47 Å². The van der Waals surface area contributed by atoms with Crippen LogP contribution in [0.2, 0.25) is 0 Å². The number of hydrogen-bond acceptors (Lipinski definition) is 5. The zero-order chi connectivity index (χ0) is 23.0. The van der Waals surface area contributed by atoms with Gasteiger partial charge >= 0.3 is 0 Å². The minimum Gasteiger partial charge on any atom is -0.493 e. The molecule has 3 aromatic carbocycles. The first-order valence-electron chi connectivity index (χ1n) is 10.5. The molecule has 1 amide bonds. The summed E-state index contributed by atoms with van der Waals surface area (Å²) in [6.45, 7) is 4.61. The van der Waals surface area contributed by atoms with Crippen LogP contribution in [0.25, 0.3) is 6.08 Å². The van der Waals surface area contributed by atoms with Crippen LogP contribution in [0.4, 0.5) is 5.69 Å². The van der Waals surface area contributed by atoms with Crippen molar-refractivity contribution in [1.29, 1.82) is 0 Å². The summed E-state index contributed by atoms with van der Waals surface area (Å²) in [7, 11) is 1.60. The van der Waals surface area contributed by atoms with Crippen molar-refractivity contribution in [2.24, 2.45) is 4.99 Å². The number of nitrogens with zero attached hydrogens (tertiary/aromatic N) is 2. The van der Waals surface area contributed by atoms with E-state index in [4.69, 9.17) is 9.47 Å². The van der Waals surface area contributed by atoms with Gasteiger partial charge in [-0.3, -0.25) is 9.69 Å². The van der Waals surface area contributed by atoms with E-state index in [9.17, 15) is 4.79 Å². The number of amidine groups is 1. The molecule has 1 fully saturated rings. The van der Waals surface area contributed by atoms with Gasteiger partial charge in [0.15, 0.2) is 16.7 Å². The SMILES string of the molecule is C=CCN1C(=O)/C(=C/c2ccc(OCc3ccccc3)c(OC)c2)SC1=Nc1ccccc1. The number of thioether (sulfide) groups is 1. The van der Waals surface area contributed by atoms with Gasteiger partial charge in [-0.25, -0.2) is 4.99 Å². The highest BCUT2D eigenvalue weighted by molar-refractivity contribution is 8.18. The maximum absolute atomic E-state index is 13.0. The summed E-state index contributed by atoms with van der Waals surface area (Å²) in [5, 5.41) is 0.632. The number of methoxy groups -OCH3 is 1. The van der Waals surface area contributed by atoms with Gasteiger partial charge in [-0.2, -0.15) is 0 Å². The quantitative estimate of drug-likeness (QED) is 0.305. The Labute approximate surface area is 198 Å². The third-order valence-corrected chi connectivity index (χ3v) is 5.91. The van der Waals surface area contributed by atoms with E-state index in [1.807, 2.05) is 84.9 Å². The lowest BCUT2D eigenvalue weighted by molar-refractivity contribution is -0.121. The number of para-hydroxylation sites is 1. The van der Waals surface area contributed by atoms with E-state index < -0.39 is 0 Å². The molecule has 1 saturated heterocycles. The number of aliphatic imine (C=N–C) groups is 1. The molecule has 6 heteroatoms. The molecule has 0 spiro atoms. The van der Waals surface area contributed by atoms with Crippen LogP contribution >= 0.6 is 11.8 Å². The molecule has 0 radical (unpaired) electrons. The van der Waals surface area contributed by atoms with Gasteiger partial charge in [-0.1, -0.05) is 60.7 Å². The third-order valence-electron chi connectivity index (χ3n) is 4.90. The van der Waals surface area contributed by atoms with Crippen LogP contribution in [-0.2, 0) is 11.4 Å². The van der Waals surface area contributed by atoms with Crippen LogP contribution in [0.1, 0.15) is 11.1 Å². The van der Waals surface area contributed by atoms with E-state index in [1.165, 1.54) is 11.8 Å². The maximum atomic E-state index is 13.0. The molecule has 1 heterocycles. The van der Waals surface area contributed by atoms with E-state index in [0.29, 0.717) is 34.7 Å². The molecule has 3 aromatic rings. The van der Waals surface area contributed by atoms with Crippen LogP contribution in [-0.4, -0.2) is 29.6 Å². The monoisotopic (exact) mass is 456 g/mol. The Morgan fingerprint density at radius 3 is 2.42 bits per heavy atom. The van der Waals surface area contributed by atoms with Gasteiger partial charge in [-0.05, 0) is 53.2 Å².